The van der Waals surface area contributed by atoms with E-state index < -0.39 is 0 Å². The van der Waals surface area contributed by atoms with Crippen LogP contribution in [0.3, 0.4) is 0 Å². The maximum Gasteiger partial charge on any atom is 0.171 e. The van der Waals surface area contributed by atoms with Crippen LogP contribution in [0.1, 0.15) is 5.56 Å². The minimum atomic E-state index is -0.324. The molecular formula is C18H10IN5. The molecule has 24 heavy (non-hydrogen) atoms. The van der Waals surface area contributed by atoms with E-state index in [1.165, 1.54) is 0 Å². The molecule has 2 rings (SSSR count). The molecule has 0 spiro atoms. The first kappa shape index (κ1) is 17.2. The molecule has 0 aromatic heterocycles. The second-order valence-corrected chi connectivity index (χ2v) is 5.76. The normalized spacial score (nSPS) is 10.0. The molecule has 0 unspecified atom stereocenters. The number of nitrogens with zero attached hydrogens (tertiary/aromatic N) is 4. The van der Waals surface area contributed by atoms with Gasteiger partial charge in [-0.15, -0.1) is 0 Å². The minimum Gasteiger partial charge on any atom is -0.340 e. The molecule has 0 amide bonds. The molecule has 5 nitrogen and oxygen atoms in total. The van der Waals surface area contributed by atoms with Gasteiger partial charge in [0, 0.05) is 14.8 Å². The van der Waals surface area contributed by atoms with Gasteiger partial charge in [-0.3, -0.25) is 0 Å². The molecule has 0 aliphatic carbocycles. The Labute approximate surface area is 153 Å². The standard InChI is InChI=1S/C18H10IN5/c19-15-6-8-16(9-7-15)23-18(13-4-2-1-3-5-13)24-17(12-22)14(10-20)11-21/h1-9H,(H,23,24). The summed E-state index contributed by atoms with van der Waals surface area (Å²) in [5.74, 6) is 0.386. The summed E-state index contributed by atoms with van der Waals surface area (Å²) in [6.07, 6.45) is 0. The number of nitrogens with one attached hydrogen (secondary N) is 1. The van der Waals surface area contributed by atoms with Gasteiger partial charge in [-0.2, -0.15) is 15.8 Å². The van der Waals surface area contributed by atoms with Crippen molar-refractivity contribution < 1.29 is 0 Å². The van der Waals surface area contributed by atoms with E-state index in [0.717, 1.165) is 14.8 Å². The second kappa shape index (κ2) is 8.47. The Morgan fingerprint density at radius 1 is 0.875 bits per heavy atom. The van der Waals surface area contributed by atoms with E-state index in [9.17, 15) is 5.26 Å². The SMILES string of the molecule is N#CC(C#N)=C(C#N)N=C(Nc1ccc(I)cc1)c1ccccc1. The van der Waals surface area contributed by atoms with Crippen molar-refractivity contribution in [1.29, 1.82) is 15.8 Å². The van der Waals surface area contributed by atoms with Crippen molar-refractivity contribution in [1.82, 2.24) is 0 Å². The van der Waals surface area contributed by atoms with Crippen LogP contribution < -0.4 is 5.32 Å². The van der Waals surface area contributed by atoms with Gasteiger partial charge in [-0.05, 0) is 46.9 Å². The summed E-state index contributed by atoms with van der Waals surface area (Å²) in [5.41, 5.74) is 0.969. The lowest BCUT2D eigenvalue weighted by Crippen LogP contribution is -2.14. The molecule has 0 atom stereocenters. The zero-order valence-electron chi connectivity index (χ0n) is 12.4. The Morgan fingerprint density at radius 2 is 1.50 bits per heavy atom. The van der Waals surface area contributed by atoms with Crippen LogP contribution in [0.5, 0.6) is 0 Å². The Balaban J connectivity index is 2.52. The van der Waals surface area contributed by atoms with E-state index in [1.54, 1.807) is 18.2 Å². The fraction of sp³-hybridized carbons (Fsp3) is 0. The lowest BCUT2D eigenvalue weighted by molar-refractivity contribution is 1.32. The summed E-state index contributed by atoms with van der Waals surface area (Å²) < 4.78 is 1.09. The van der Waals surface area contributed by atoms with Gasteiger partial charge in [-0.25, -0.2) is 4.99 Å². The van der Waals surface area contributed by atoms with Gasteiger partial charge in [0.1, 0.15) is 24.0 Å². The summed E-state index contributed by atoms with van der Waals surface area (Å²) in [7, 11) is 0. The van der Waals surface area contributed by atoms with Crippen LogP contribution in [-0.4, -0.2) is 5.84 Å². The van der Waals surface area contributed by atoms with Crippen LogP contribution in [0, 0.1) is 37.6 Å². The molecule has 0 aliphatic rings. The van der Waals surface area contributed by atoms with Crippen LogP contribution in [0.4, 0.5) is 5.69 Å². The molecule has 0 saturated heterocycles. The number of hydrogen-bond donors (Lipinski definition) is 1. The van der Waals surface area contributed by atoms with Crippen molar-refractivity contribution in [2.75, 3.05) is 5.32 Å². The van der Waals surface area contributed by atoms with E-state index in [2.05, 4.69) is 32.9 Å². The number of nitriles is 3. The molecule has 0 aliphatic heterocycles. The van der Waals surface area contributed by atoms with Gasteiger partial charge < -0.3 is 5.32 Å². The first-order valence-electron chi connectivity index (χ1n) is 6.79. The largest absolute Gasteiger partial charge is 0.340 e. The Hall–Kier alpha value is -3.15. The smallest absolute Gasteiger partial charge is 0.171 e. The van der Waals surface area contributed by atoms with Crippen molar-refractivity contribution in [2.24, 2.45) is 4.99 Å². The van der Waals surface area contributed by atoms with E-state index in [1.807, 2.05) is 54.6 Å². The number of benzene rings is 2. The summed E-state index contributed by atoms with van der Waals surface area (Å²) in [4.78, 5) is 4.20. The van der Waals surface area contributed by atoms with Crippen molar-refractivity contribution in [2.45, 2.75) is 0 Å². The predicted molar refractivity (Wildman–Crippen MR) is 99.6 cm³/mol. The fourth-order valence-corrected chi connectivity index (χ4v) is 2.17. The van der Waals surface area contributed by atoms with Crippen LogP contribution in [0.25, 0.3) is 0 Å². The summed E-state index contributed by atoms with van der Waals surface area (Å²) in [5, 5.41) is 30.3. The first-order chi connectivity index (χ1) is 11.7. The molecule has 0 heterocycles. The third-order valence-electron chi connectivity index (χ3n) is 2.94. The summed E-state index contributed by atoms with van der Waals surface area (Å²) >= 11 is 2.21. The highest BCUT2D eigenvalue weighted by atomic mass is 127. The number of aliphatic imine (C=N–C) groups is 1. The Bertz CT molecular complexity index is 891. The number of hydrogen-bond acceptors (Lipinski definition) is 4. The monoisotopic (exact) mass is 423 g/mol. The molecule has 6 heteroatoms. The van der Waals surface area contributed by atoms with E-state index >= 15 is 0 Å². The third kappa shape index (κ3) is 4.42. The number of allylic oxidation sites excluding steroid dienone is 2. The topological polar surface area (TPSA) is 95.8 Å². The Morgan fingerprint density at radius 3 is 2.04 bits per heavy atom. The van der Waals surface area contributed by atoms with Crippen molar-refractivity contribution in [3.05, 3.63) is 75.0 Å². The molecule has 0 bridgehead atoms. The van der Waals surface area contributed by atoms with Gasteiger partial charge in [0.25, 0.3) is 0 Å². The van der Waals surface area contributed by atoms with Crippen LogP contribution in [-0.2, 0) is 0 Å². The van der Waals surface area contributed by atoms with E-state index in [4.69, 9.17) is 10.5 Å². The molecule has 2 aromatic carbocycles. The zero-order valence-corrected chi connectivity index (χ0v) is 14.5. The highest BCUT2D eigenvalue weighted by Crippen LogP contribution is 2.15. The molecular weight excluding hydrogens is 413 g/mol. The molecule has 2 aromatic rings. The number of amidine groups is 1. The van der Waals surface area contributed by atoms with Crippen LogP contribution >= 0.6 is 22.6 Å². The zero-order chi connectivity index (χ0) is 17.4. The maximum atomic E-state index is 9.21. The van der Waals surface area contributed by atoms with Gasteiger partial charge in [0.05, 0.1) is 0 Å². The molecule has 0 saturated carbocycles. The van der Waals surface area contributed by atoms with E-state index in [-0.39, 0.29) is 11.3 Å². The first-order valence-corrected chi connectivity index (χ1v) is 7.87. The highest BCUT2D eigenvalue weighted by Gasteiger charge is 2.09. The molecule has 0 radical (unpaired) electrons. The van der Waals surface area contributed by atoms with Gasteiger partial charge >= 0.3 is 0 Å². The van der Waals surface area contributed by atoms with Gasteiger partial charge in [0.15, 0.2) is 11.3 Å². The highest BCUT2D eigenvalue weighted by molar-refractivity contribution is 14.1. The third-order valence-corrected chi connectivity index (χ3v) is 3.66. The number of halogens is 1. The van der Waals surface area contributed by atoms with Crippen LogP contribution in [0.15, 0.2) is 70.9 Å². The van der Waals surface area contributed by atoms with Crippen molar-refractivity contribution in [3.8, 4) is 18.2 Å². The van der Waals surface area contributed by atoms with E-state index in [0.29, 0.717) is 5.84 Å². The molecule has 0 fully saturated rings. The second-order valence-electron chi connectivity index (χ2n) is 4.52. The van der Waals surface area contributed by atoms with Crippen molar-refractivity contribution in [3.63, 3.8) is 0 Å². The lowest BCUT2D eigenvalue weighted by atomic mass is 10.2. The number of rotatable bonds is 3. The lowest BCUT2D eigenvalue weighted by Gasteiger charge is -2.10. The minimum absolute atomic E-state index is 0.225. The quantitative estimate of drug-likeness (QED) is 0.350. The average molecular weight is 423 g/mol. The Kier molecular flexibility index (Phi) is 6.08. The van der Waals surface area contributed by atoms with Gasteiger partial charge in [0.2, 0.25) is 0 Å². The van der Waals surface area contributed by atoms with Gasteiger partial charge in [-0.1, -0.05) is 30.3 Å². The summed E-state index contributed by atoms with van der Waals surface area (Å²) in [6.45, 7) is 0. The maximum absolute atomic E-state index is 9.21. The fourth-order valence-electron chi connectivity index (χ4n) is 1.81. The molecule has 1 N–H and O–H groups in total. The summed E-state index contributed by atoms with van der Waals surface area (Å²) in [6, 6.07) is 22.0. The molecule has 114 valence electrons. The van der Waals surface area contributed by atoms with Crippen molar-refractivity contribution >= 4 is 34.1 Å². The number of anilines is 1. The predicted octanol–water partition coefficient (Wildman–Crippen LogP) is 3.97. The van der Waals surface area contributed by atoms with Crippen LogP contribution in [0.2, 0.25) is 0 Å². The average Bonchev–Trinajstić information content (AvgIpc) is 2.63.